The second-order valence-electron chi connectivity index (χ2n) is 5.44. The fourth-order valence-corrected chi connectivity index (χ4v) is 2.70. The van der Waals surface area contributed by atoms with Crippen LogP contribution in [-0.2, 0) is 0 Å². The number of nitrogens with zero attached hydrogens (tertiary/aromatic N) is 1. The van der Waals surface area contributed by atoms with E-state index in [4.69, 9.17) is 14.2 Å². The van der Waals surface area contributed by atoms with Gasteiger partial charge in [0.2, 0.25) is 0 Å². The molecule has 0 spiro atoms. The molecule has 0 aliphatic heterocycles. The van der Waals surface area contributed by atoms with Gasteiger partial charge in [-0.15, -0.1) is 0 Å². The van der Waals surface area contributed by atoms with Gasteiger partial charge < -0.3 is 19.1 Å². The van der Waals surface area contributed by atoms with Crippen molar-refractivity contribution in [2.75, 3.05) is 26.2 Å². The van der Waals surface area contributed by atoms with E-state index in [0.29, 0.717) is 0 Å². The summed E-state index contributed by atoms with van der Waals surface area (Å²) in [5, 5.41) is 0. The van der Waals surface area contributed by atoms with Crippen LogP contribution in [0.15, 0.2) is 72.8 Å². The number of hydrogen-bond acceptors (Lipinski definition) is 4. The first kappa shape index (κ1) is 16.7. The van der Waals surface area contributed by atoms with E-state index < -0.39 is 0 Å². The van der Waals surface area contributed by atoms with Gasteiger partial charge in [0.1, 0.15) is 17.2 Å². The monoisotopic (exact) mass is 335 g/mol. The van der Waals surface area contributed by atoms with Crippen LogP contribution in [0.2, 0.25) is 0 Å². The van der Waals surface area contributed by atoms with Gasteiger partial charge in [0, 0.05) is 35.3 Å². The van der Waals surface area contributed by atoms with Crippen LogP contribution >= 0.6 is 0 Å². The van der Waals surface area contributed by atoms with Crippen LogP contribution in [-0.4, -0.2) is 21.3 Å². The van der Waals surface area contributed by atoms with Crippen molar-refractivity contribution in [1.82, 2.24) is 0 Å². The van der Waals surface area contributed by atoms with Crippen LogP contribution in [0.25, 0.3) is 0 Å². The lowest BCUT2D eigenvalue weighted by atomic mass is 10.1. The fourth-order valence-electron chi connectivity index (χ4n) is 2.70. The van der Waals surface area contributed by atoms with Gasteiger partial charge in [-0.2, -0.15) is 0 Å². The van der Waals surface area contributed by atoms with Gasteiger partial charge in [-0.05, 0) is 36.4 Å². The normalized spacial score (nSPS) is 10.2. The standard InChI is InChI=1S/C21H21NO3/c1-23-19-10-4-7-16(13-19)22(17-8-5-11-20(14-17)24-2)18-9-6-12-21(15-18)25-3/h4-15H,1-3H3. The van der Waals surface area contributed by atoms with E-state index in [9.17, 15) is 0 Å². The lowest BCUT2D eigenvalue weighted by Gasteiger charge is -2.26. The Morgan fingerprint density at radius 2 is 0.840 bits per heavy atom. The quantitative estimate of drug-likeness (QED) is 0.621. The van der Waals surface area contributed by atoms with Crippen LogP contribution in [0.1, 0.15) is 0 Å². The number of hydrogen-bond donors (Lipinski definition) is 0. The Bertz CT molecular complexity index is 735. The molecule has 0 heterocycles. The zero-order chi connectivity index (χ0) is 17.6. The maximum atomic E-state index is 5.39. The van der Waals surface area contributed by atoms with Gasteiger partial charge >= 0.3 is 0 Å². The SMILES string of the molecule is COc1cccc(N(c2cccc(OC)c2)c2cccc(OC)c2)c1. The van der Waals surface area contributed by atoms with Gasteiger partial charge in [0.05, 0.1) is 21.3 Å². The van der Waals surface area contributed by atoms with E-state index >= 15 is 0 Å². The van der Waals surface area contributed by atoms with Gasteiger partial charge in [0.15, 0.2) is 0 Å². The zero-order valence-electron chi connectivity index (χ0n) is 14.6. The Labute approximate surface area is 148 Å². The Morgan fingerprint density at radius 3 is 1.12 bits per heavy atom. The molecule has 3 rings (SSSR count). The molecule has 0 radical (unpaired) electrons. The minimum Gasteiger partial charge on any atom is -0.497 e. The molecule has 0 aliphatic rings. The van der Waals surface area contributed by atoms with Crippen LogP contribution in [0, 0.1) is 0 Å². The topological polar surface area (TPSA) is 30.9 Å². The van der Waals surface area contributed by atoms with E-state index in [2.05, 4.69) is 4.90 Å². The largest absolute Gasteiger partial charge is 0.497 e. The highest BCUT2D eigenvalue weighted by Gasteiger charge is 2.14. The molecule has 0 unspecified atom stereocenters. The Morgan fingerprint density at radius 1 is 0.520 bits per heavy atom. The molecule has 0 atom stereocenters. The van der Waals surface area contributed by atoms with Crippen LogP contribution in [0.3, 0.4) is 0 Å². The summed E-state index contributed by atoms with van der Waals surface area (Å²) in [5.41, 5.74) is 2.96. The third-order valence-corrected chi connectivity index (χ3v) is 3.93. The molecule has 3 aromatic rings. The van der Waals surface area contributed by atoms with E-state index in [1.807, 2.05) is 72.8 Å². The number of rotatable bonds is 6. The summed E-state index contributed by atoms with van der Waals surface area (Å²) in [6.45, 7) is 0. The van der Waals surface area contributed by atoms with Gasteiger partial charge in [0.25, 0.3) is 0 Å². The summed E-state index contributed by atoms with van der Waals surface area (Å²) < 4.78 is 16.2. The van der Waals surface area contributed by atoms with Crippen LogP contribution < -0.4 is 19.1 Å². The second-order valence-corrected chi connectivity index (χ2v) is 5.44. The van der Waals surface area contributed by atoms with Crippen molar-refractivity contribution in [3.8, 4) is 17.2 Å². The van der Waals surface area contributed by atoms with Crippen molar-refractivity contribution in [1.29, 1.82) is 0 Å². The highest BCUT2D eigenvalue weighted by molar-refractivity contribution is 5.78. The lowest BCUT2D eigenvalue weighted by molar-refractivity contribution is 0.414. The first-order valence-electron chi connectivity index (χ1n) is 7.97. The predicted molar refractivity (Wildman–Crippen MR) is 101 cm³/mol. The Balaban J connectivity index is 2.16. The van der Waals surface area contributed by atoms with Crippen molar-refractivity contribution >= 4 is 17.1 Å². The van der Waals surface area contributed by atoms with Gasteiger partial charge in [-0.1, -0.05) is 18.2 Å². The molecule has 0 amide bonds. The van der Waals surface area contributed by atoms with Crippen LogP contribution in [0.5, 0.6) is 17.2 Å². The Hall–Kier alpha value is -3.14. The third kappa shape index (κ3) is 3.69. The number of anilines is 3. The number of ether oxygens (including phenoxy) is 3. The maximum Gasteiger partial charge on any atom is 0.120 e. The summed E-state index contributed by atoms with van der Waals surface area (Å²) in [7, 11) is 5.00. The van der Waals surface area contributed by atoms with Crippen molar-refractivity contribution in [3.63, 3.8) is 0 Å². The molecular weight excluding hydrogens is 314 g/mol. The second kappa shape index (κ2) is 7.62. The maximum absolute atomic E-state index is 5.39. The summed E-state index contributed by atoms with van der Waals surface area (Å²) in [5.74, 6) is 2.40. The van der Waals surface area contributed by atoms with Gasteiger partial charge in [-0.3, -0.25) is 0 Å². The highest BCUT2D eigenvalue weighted by atomic mass is 16.5. The zero-order valence-corrected chi connectivity index (χ0v) is 14.6. The van der Waals surface area contributed by atoms with E-state index in [1.165, 1.54) is 0 Å². The van der Waals surface area contributed by atoms with Crippen molar-refractivity contribution < 1.29 is 14.2 Å². The molecule has 0 aromatic heterocycles. The first-order chi connectivity index (χ1) is 12.2. The minimum absolute atomic E-state index is 0.799. The summed E-state index contributed by atoms with van der Waals surface area (Å²) in [6, 6.07) is 23.8. The molecule has 3 aromatic carbocycles. The smallest absolute Gasteiger partial charge is 0.120 e. The highest BCUT2D eigenvalue weighted by Crippen LogP contribution is 2.38. The Kier molecular flexibility index (Phi) is 5.09. The van der Waals surface area contributed by atoms with E-state index in [0.717, 1.165) is 34.3 Å². The molecule has 4 heteroatoms. The number of methoxy groups -OCH3 is 3. The lowest BCUT2D eigenvalue weighted by Crippen LogP contribution is -2.10. The fraction of sp³-hybridized carbons (Fsp3) is 0.143. The summed E-state index contributed by atoms with van der Waals surface area (Å²) >= 11 is 0. The summed E-state index contributed by atoms with van der Waals surface area (Å²) in [6.07, 6.45) is 0. The molecule has 128 valence electrons. The van der Waals surface area contributed by atoms with Crippen molar-refractivity contribution in [2.45, 2.75) is 0 Å². The molecule has 25 heavy (non-hydrogen) atoms. The molecular formula is C21H21NO3. The van der Waals surface area contributed by atoms with E-state index in [-0.39, 0.29) is 0 Å². The molecule has 0 fully saturated rings. The predicted octanol–water partition coefficient (Wildman–Crippen LogP) is 5.18. The third-order valence-electron chi connectivity index (χ3n) is 3.93. The molecule has 0 saturated carbocycles. The average molecular weight is 335 g/mol. The average Bonchev–Trinajstić information content (AvgIpc) is 2.68. The van der Waals surface area contributed by atoms with Crippen LogP contribution in [0.4, 0.5) is 17.1 Å². The molecule has 0 saturated heterocycles. The molecule has 0 bridgehead atoms. The van der Waals surface area contributed by atoms with Crippen molar-refractivity contribution in [3.05, 3.63) is 72.8 Å². The molecule has 0 aliphatic carbocycles. The number of benzene rings is 3. The minimum atomic E-state index is 0.799. The van der Waals surface area contributed by atoms with Gasteiger partial charge in [-0.25, -0.2) is 0 Å². The summed E-state index contributed by atoms with van der Waals surface area (Å²) in [4.78, 5) is 2.13. The first-order valence-corrected chi connectivity index (χ1v) is 7.97. The van der Waals surface area contributed by atoms with E-state index in [1.54, 1.807) is 21.3 Å². The van der Waals surface area contributed by atoms with Crippen molar-refractivity contribution in [2.24, 2.45) is 0 Å². The molecule has 4 nitrogen and oxygen atoms in total. The molecule has 0 N–H and O–H groups in total.